The molecule has 0 radical (unpaired) electrons. The summed E-state index contributed by atoms with van der Waals surface area (Å²) >= 11 is 0. The molecule has 0 saturated carbocycles. The second-order valence-electron chi connectivity index (χ2n) is 4.48. The van der Waals surface area contributed by atoms with Crippen LogP contribution in [-0.2, 0) is 17.5 Å². The minimum atomic E-state index is -4.68. The van der Waals surface area contributed by atoms with Crippen molar-refractivity contribution >= 4 is 5.97 Å². The molecule has 1 atom stereocenters. The number of aliphatic carboxylic acids is 1. The van der Waals surface area contributed by atoms with Gasteiger partial charge in [0.15, 0.2) is 0 Å². The van der Waals surface area contributed by atoms with E-state index in [2.05, 4.69) is 0 Å². The summed E-state index contributed by atoms with van der Waals surface area (Å²) in [6, 6.07) is 1.50. The predicted octanol–water partition coefficient (Wildman–Crippen LogP) is 3.14. The Kier molecular flexibility index (Phi) is 5.10. The molecule has 0 aliphatic rings. The molecule has 1 rings (SSSR count). The summed E-state index contributed by atoms with van der Waals surface area (Å²) in [7, 11) is 1.42. The Morgan fingerprint density at radius 1 is 1.40 bits per heavy atom. The van der Waals surface area contributed by atoms with E-state index in [1.54, 1.807) is 6.92 Å². The molecule has 0 heterocycles. The van der Waals surface area contributed by atoms with Crippen molar-refractivity contribution in [1.82, 2.24) is 4.90 Å². The molecular formula is C13H15F4NO2. The molecule has 0 spiro atoms. The Morgan fingerprint density at radius 2 is 2.00 bits per heavy atom. The Balaban J connectivity index is 3.06. The zero-order valence-electron chi connectivity index (χ0n) is 11.0. The lowest BCUT2D eigenvalue weighted by Crippen LogP contribution is -2.37. The molecule has 1 N–H and O–H groups in total. The van der Waals surface area contributed by atoms with Gasteiger partial charge in [0.05, 0.1) is 5.56 Å². The smallest absolute Gasteiger partial charge is 0.416 e. The van der Waals surface area contributed by atoms with Crippen molar-refractivity contribution in [2.45, 2.75) is 32.1 Å². The first-order valence-electron chi connectivity index (χ1n) is 5.95. The van der Waals surface area contributed by atoms with E-state index in [1.807, 2.05) is 0 Å². The number of benzene rings is 1. The maximum atomic E-state index is 13.0. The number of carbonyl (C=O) groups is 1. The van der Waals surface area contributed by atoms with Crippen molar-refractivity contribution in [2.24, 2.45) is 0 Å². The van der Waals surface area contributed by atoms with Gasteiger partial charge in [-0.3, -0.25) is 9.69 Å². The van der Waals surface area contributed by atoms with E-state index in [1.165, 1.54) is 11.9 Å². The van der Waals surface area contributed by atoms with E-state index >= 15 is 0 Å². The van der Waals surface area contributed by atoms with Gasteiger partial charge in [0.25, 0.3) is 0 Å². The lowest BCUT2D eigenvalue weighted by Gasteiger charge is -2.25. The standard InChI is InChI=1S/C13H15F4NO2/c1-3-11(12(19)20)18(2)7-8-4-5-9(14)6-10(8)13(15,16)17/h4-6,11H,3,7H2,1-2H3,(H,19,20). The second-order valence-corrected chi connectivity index (χ2v) is 4.48. The first-order valence-corrected chi connectivity index (χ1v) is 5.95. The molecule has 0 amide bonds. The summed E-state index contributed by atoms with van der Waals surface area (Å²) in [6.07, 6.45) is -4.42. The fourth-order valence-electron chi connectivity index (χ4n) is 2.00. The van der Waals surface area contributed by atoms with Gasteiger partial charge >= 0.3 is 12.1 Å². The van der Waals surface area contributed by atoms with Crippen LogP contribution in [0.15, 0.2) is 18.2 Å². The molecule has 1 aromatic carbocycles. The van der Waals surface area contributed by atoms with Gasteiger partial charge in [-0.15, -0.1) is 0 Å². The number of carboxylic acids is 1. The Bertz CT molecular complexity index is 488. The zero-order chi connectivity index (χ0) is 15.5. The van der Waals surface area contributed by atoms with Crippen LogP contribution in [0.1, 0.15) is 24.5 Å². The van der Waals surface area contributed by atoms with Crippen molar-refractivity contribution in [1.29, 1.82) is 0 Å². The van der Waals surface area contributed by atoms with Crippen LogP contribution < -0.4 is 0 Å². The number of rotatable bonds is 5. The predicted molar refractivity (Wildman–Crippen MR) is 64.6 cm³/mol. The van der Waals surface area contributed by atoms with Crippen molar-refractivity contribution in [3.8, 4) is 0 Å². The molecule has 3 nitrogen and oxygen atoms in total. The zero-order valence-corrected chi connectivity index (χ0v) is 11.0. The highest BCUT2D eigenvalue weighted by molar-refractivity contribution is 5.73. The molecule has 0 saturated heterocycles. The summed E-state index contributed by atoms with van der Waals surface area (Å²) in [5.41, 5.74) is -1.23. The number of alkyl halides is 3. The highest BCUT2D eigenvalue weighted by Crippen LogP contribution is 2.33. The number of hydrogen-bond acceptors (Lipinski definition) is 2. The van der Waals surface area contributed by atoms with Gasteiger partial charge in [0.1, 0.15) is 11.9 Å². The van der Waals surface area contributed by atoms with Gasteiger partial charge in [-0.1, -0.05) is 13.0 Å². The van der Waals surface area contributed by atoms with Gasteiger partial charge in [-0.25, -0.2) is 4.39 Å². The molecule has 1 aromatic rings. The Hall–Kier alpha value is -1.63. The summed E-state index contributed by atoms with van der Waals surface area (Å²) in [4.78, 5) is 12.3. The number of likely N-dealkylation sites (N-methyl/N-ethyl adjacent to an activating group) is 1. The molecule has 112 valence electrons. The third-order valence-corrected chi connectivity index (χ3v) is 3.00. The molecule has 0 aromatic heterocycles. The normalized spacial score (nSPS) is 13.6. The van der Waals surface area contributed by atoms with Crippen molar-refractivity contribution < 1.29 is 27.5 Å². The molecule has 0 aliphatic carbocycles. The minimum absolute atomic E-state index is 0.152. The van der Waals surface area contributed by atoms with Gasteiger partial charge in [-0.2, -0.15) is 13.2 Å². The van der Waals surface area contributed by atoms with E-state index in [4.69, 9.17) is 5.11 Å². The molecular weight excluding hydrogens is 278 g/mol. The van der Waals surface area contributed by atoms with E-state index in [-0.39, 0.29) is 18.5 Å². The summed E-state index contributed by atoms with van der Waals surface area (Å²) in [6.45, 7) is 1.41. The lowest BCUT2D eigenvalue weighted by molar-refractivity contribution is -0.143. The average molecular weight is 293 g/mol. The third-order valence-electron chi connectivity index (χ3n) is 3.00. The van der Waals surface area contributed by atoms with Crippen molar-refractivity contribution in [2.75, 3.05) is 7.05 Å². The van der Waals surface area contributed by atoms with Gasteiger partial charge in [-0.05, 0) is 31.2 Å². The van der Waals surface area contributed by atoms with Crippen LogP contribution in [0.2, 0.25) is 0 Å². The van der Waals surface area contributed by atoms with Gasteiger partial charge in [0.2, 0.25) is 0 Å². The highest BCUT2D eigenvalue weighted by Gasteiger charge is 2.34. The molecule has 0 aliphatic heterocycles. The molecule has 0 fully saturated rings. The number of carboxylic acid groups (broad SMARTS) is 1. The summed E-state index contributed by atoms with van der Waals surface area (Å²) < 4.78 is 51.4. The van der Waals surface area contributed by atoms with Crippen LogP contribution in [0.3, 0.4) is 0 Å². The SMILES string of the molecule is CCC(C(=O)O)N(C)Cc1ccc(F)cc1C(F)(F)F. The quantitative estimate of drug-likeness (QED) is 0.848. The van der Waals surface area contributed by atoms with Crippen LogP contribution in [0.5, 0.6) is 0 Å². The fourth-order valence-corrected chi connectivity index (χ4v) is 2.00. The van der Waals surface area contributed by atoms with E-state index in [0.29, 0.717) is 6.07 Å². The van der Waals surface area contributed by atoms with Gasteiger partial charge in [0, 0.05) is 6.54 Å². The van der Waals surface area contributed by atoms with Crippen LogP contribution in [-0.4, -0.2) is 29.1 Å². The Labute approximate surface area is 113 Å². The molecule has 20 heavy (non-hydrogen) atoms. The number of halogens is 4. The van der Waals surface area contributed by atoms with E-state index in [9.17, 15) is 22.4 Å². The average Bonchev–Trinajstić information content (AvgIpc) is 2.30. The summed E-state index contributed by atoms with van der Waals surface area (Å²) in [5.74, 6) is -2.08. The lowest BCUT2D eigenvalue weighted by atomic mass is 10.1. The molecule has 1 unspecified atom stereocenters. The van der Waals surface area contributed by atoms with Crippen molar-refractivity contribution in [3.63, 3.8) is 0 Å². The van der Waals surface area contributed by atoms with Crippen LogP contribution in [0, 0.1) is 5.82 Å². The highest BCUT2D eigenvalue weighted by atomic mass is 19.4. The Morgan fingerprint density at radius 3 is 2.45 bits per heavy atom. The number of hydrogen-bond donors (Lipinski definition) is 1. The largest absolute Gasteiger partial charge is 0.480 e. The molecule has 7 heteroatoms. The van der Waals surface area contributed by atoms with Crippen molar-refractivity contribution in [3.05, 3.63) is 35.1 Å². The van der Waals surface area contributed by atoms with E-state index < -0.39 is 29.6 Å². The first kappa shape index (κ1) is 16.4. The first-order chi connectivity index (χ1) is 9.16. The second kappa shape index (κ2) is 6.21. The van der Waals surface area contributed by atoms with Crippen LogP contribution >= 0.6 is 0 Å². The summed E-state index contributed by atoms with van der Waals surface area (Å²) in [5, 5.41) is 8.97. The van der Waals surface area contributed by atoms with Crippen LogP contribution in [0.4, 0.5) is 17.6 Å². The monoisotopic (exact) mass is 293 g/mol. The topological polar surface area (TPSA) is 40.5 Å². The number of nitrogens with zero attached hydrogens (tertiary/aromatic N) is 1. The fraction of sp³-hybridized carbons (Fsp3) is 0.462. The van der Waals surface area contributed by atoms with E-state index in [0.717, 1.165) is 12.1 Å². The maximum Gasteiger partial charge on any atom is 0.416 e. The minimum Gasteiger partial charge on any atom is -0.480 e. The third kappa shape index (κ3) is 3.93. The maximum absolute atomic E-state index is 13.0. The van der Waals surface area contributed by atoms with Gasteiger partial charge < -0.3 is 5.11 Å². The molecule has 0 bridgehead atoms. The van der Waals surface area contributed by atoms with Crippen LogP contribution in [0.25, 0.3) is 0 Å².